The number of para-hydroxylation sites is 1. The molecule has 5 aliphatic heterocycles. The van der Waals surface area contributed by atoms with Crippen LogP contribution in [0.25, 0.3) is 0 Å². The molecule has 5 aliphatic rings. The third-order valence-corrected chi connectivity index (χ3v) is 16.2. The molecular formula is C50H88N4O13. The monoisotopic (exact) mass is 953 g/mol. The minimum absolute atomic E-state index is 0.0152. The van der Waals surface area contributed by atoms with Gasteiger partial charge in [0.2, 0.25) is 0 Å². The summed E-state index contributed by atoms with van der Waals surface area (Å²) < 4.78 is 51.4. The lowest BCUT2D eigenvalue weighted by atomic mass is 9.74. The summed E-state index contributed by atoms with van der Waals surface area (Å²) in [5, 5.41) is 50.2. The second-order valence-electron chi connectivity index (χ2n) is 20.9. The number of rotatable bonds is 17. The lowest BCUT2D eigenvalue weighted by Crippen LogP contribution is -2.71. The number of esters is 1. The lowest BCUT2D eigenvalue weighted by molar-refractivity contribution is -0.337. The highest BCUT2D eigenvalue weighted by atomic mass is 16.7. The Kier molecular flexibility index (Phi) is 19.5. The van der Waals surface area contributed by atoms with Gasteiger partial charge in [0.1, 0.15) is 29.2 Å². The third-order valence-electron chi connectivity index (χ3n) is 16.2. The van der Waals surface area contributed by atoms with E-state index in [1.807, 2.05) is 84.8 Å². The highest BCUT2D eigenvalue weighted by Gasteiger charge is 2.59. The molecule has 18 atom stereocenters. The van der Waals surface area contributed by atoms with E-state index < -0.39 is 83.7 Å². The van der Waals surface area contributed by atoms with Crippen LogP contribution in [-0.2, 0) is 38.0 Å². The zero-order valence-electron chi connectivity index (χ0n) is 43.2. The maximum absolute atomic E-state index is 14.3. The fourth-order valence-electron chi connectivity index (χ4n) is 11.2. The molecular weight excluding hydrogens is 865 g/mol. The first-order chi connectivity index (χ1) is 31.5. The van der Waals surface area contributed by atoms with Crippen molar-refractivity contribution in [1.82, 2.24) is 20.0 Å². The van der Waals surface area contributed by atoms with Crippen LogP contribution in [0.4, 0.5) is 0 Å². The summed E-state index contributed by atoms with van der Waals surface area (Å²) >= 11 is 0. The Bertz CT molecular complexity index is 1710. The molecule has 1 aromatic carbocycles. The molecule has 0 aliphatic carbocycles. The van der Waals surface area contributed by atoms with Crippen LogP contribution in [0.3, 0.4) is 0 Å². The van der Waals surface area contributed by atoms with Crippen LogP contribution in [0.5, 0.6) is 5.75 Å². The first-order valence-electron chi connectivity index (χ1n) is 24.6. The molecule has 5 saturated heterocycles. The minimum Gasteiger partial charge on any atom is -0.496 e. The van der Waals surface area contributed by atoms with Crippen LogP contribution >= 0.6 is 0 Å². The summed E-state index contributed by atoms with van der Waals surface area (Å²) in [5.74, 6) is -1.40. The zero-order chi connectivity index (χ0) is 49.8. The van der Waals surface area contributed by atoms with Crippen molar-refractivity contribution in [1.29, 1.82) is 0 Å². The Morgan fingerprint density at radius 3 is 2.22 bits per heavy atom. The average molecular weight is 953 g/mol. The van der Waals surface area contributed by atoms with Crippen molar-refractivity contribution in [3.8, 4) is 5.75 Å². The number of nitrogens with one attached hydrogen (secondary N) is 1. The molecule has 386 valence electrons. The predicted octanol–water partition coefficient (Wildman–Crippen LogP) is 3.19. The van der Waals surface area contributed by atoms with Crippen molar-refractivity contribution in [2.45, 2.75) is 185 Å². The molecule has 0 amide bonds. The zero-order valence-corrected chi connectivity index (χ0v) is 43.2. The summed E-state index contributed by atoms with van der Waals surface area (Å²) in [6, 6.07) is 7.03. The largest absolute Gasteiger partial charge is 0.496 e. The van der Waals surface area contributed by atoms with Crippen LogP contribution in [0.1, 0.15) is 100 Å². The van der Waals surface area contributed by atoms with Gasteiger partial charge in [0, 0.05) is 82.5 Å². The highest BCUT2D eigenvalue weighted by molar-refractivity contribution is 5.73. The molecule has 5 N–H and O–H groups in total. The van der Waals surface area contributed by atoms with Gasteiger partial charge in [0.15, 0.2) is 12.6 Å². The van der Waals surface area contributed by atoms with Crippen LogP contribution in [0, 0.1) is 17.8 Å². The summed E-state index contributed by atoms with van der Waals surface area (Å²) in [4.78, 5) is 20.6. The first-order valence-corrected chi connectivity index (χ1v) is 24.6. The maximum Gasteiger partial charge on any atom is 0.311 e. The number of methoxy groups -OCH3 is 3. The molecule has 0 aromatic heterocycles. The van der Waals surface area contributed by atoms with Gasteiger partial charge in [-0.05, 0) is 93.9 Å². The second-order valence-corrected chi connectivity index (χ2v) is 20.9. The normalized spacial score (nSPS) is 42.1. The van der Waals surface area contributed by atoms with Crippen molar-refractivity contribution in [3.05, 3.63) is 29.8 Å². The standard InChI is InChI=1S/C50H88N4O13/c1-16-53(33(6)38-19-17-18-20-40(38)60-13)24-36(27-55)51-28-50(59)35(8)64-41(23-49(50,10)62-15)66-44-31(4)45(67-47-43(57)39(52(11)12)21-30(3)63-47)48(9,61-14)22-29(2)42(56)34(7)54-25-37(26-54)65-46(58)32(44)5/h17-20,29-37,39,41-45,47,51,55-57,59H,16,21-28H2,1-15H3/t29-,30-,31+,32-,33+,34+,35+,36-,39+,41+,42+,43-,44+,45-,47+,48-,49-,50-/m1/s1. The topological polar surface area (TPSA) is 194 Å². The summed E-state index contributed by atoms with van der Waals surface area (Å²) in [7, 11) is 8.65. The number of aliphatic hydroxyl groups is 4. The number of nitrogens with zero attached hydrogens (tertiary/aromatic N) is 3. The highest BCUT2D eigenvalue weighted by Crippen LogP contribution is 2.44. The molecule has 5 fully saturated rings. The fourth-order valence-corrected chi connectivity index (χ4v) is 11.2. The van der Waals surface area contributed by atoms with E-state index in [9.17, 15) is 25.2 Å². The molecule has 17 heteroatoms. The number of fused-ring (bicyclic) bond motifs is 10. The number of ether oxygens (including phenoxy) is 8. The Labute approximate surface area is 401 Å². The van der Waals surface area contributed by atoms with Gasteiger partial charge in [0.25, 0.3) is 0 Å². The fraction of sp³-hybridized carbons (Fsp3) is 0.860. The van der Waals surface area contributed by atoms with E-state index in [-0.39, 0.29) is 55.8 Å². The first kappa shape index (κ1) is 55.9. The SMILES string of the molecule is CCN(C[C@H](CO)NC[C@@]1(O)[C@H](C)O[C@@H](O[C@H]2[C@H](C)[C@@H](O[C@@H]3O[C@H](C)C[C@H](N(C)C)[C@H]3O)[C@](C)(OC)C[C@@H](C)[C@H](O)[C@H](C)N3CC(C3)OC(=O)[C@@H]2C)C[C@@]1(C)OC)[C@@H](C)c1ccccc1OC. The molecule has 5 heterocycles. The smallest absolute Gasteiger partial charge is 0.311 e. The minimum atomic E-state index is -1.60. The van der Waals surface area contributed by atoms with Crippen LogP contribution in [-0.4, -0.2) is 206 Å². The molecule has 0 spiro atoms. The molecule has 0 unspecified atom stereocenters. The number of hydrogen-bond donors (Lipinski definition) is 5. The van der Waals surface area contributed by atoms with Gasteiger partial charge >= 0.3 is 5.97 Å². The Morgan fingerprint density at radius 1 is 0.955 bits per heavy atom. The van der Waals surface area contributed by atoms with Gasteiger partial charge in [-0.25, -0.2) is 0 Å². The van der Waals surface area contributed by atoms with Crippen LogP contribution in [0.15, 0.2) is 24.3 Å². The van der Waals surface area contributed by atoms with Gasteiger partial charge < -0.3 is 68.5 Å². The van der Waals surface area contributed by atoms with E-state index in [2.05, 4.69) is 29.0 Å². The number of aliphatic hydroxyl groups excluding tert-OH is 3. The van der Waals surface area contributed by atoms with E-state index >= 15 is 0 Å². The van der Waals surface area contributed by atoms with Gasteiger partial charge in [0.05, 0.1) is 55.8 Å². The van der Waals surface area contributed by atoms with E-state index in [4.69, 9.17) is 37.9 Å². The van der Waals surface area contributed by atoms with Gasteiger partial charge in [-0.3, -0.25) is 14.6 Å². The molecule has 6 rings (SSSR count). The molecule has 0 radical (unpaired) electrons. The predicted molar refractivity (Wildman–Crippen MR) is 253 cm³/mol. The molecule has 17 nitrogen and oxygen atoms in total. The molecule has 2 bridgehead atoms. The Balaban J connectivity index is 1.44. The van der Waals surface area contributed by atoms with E-state index in [0.717, 1.165) is 11.3 Å². The quantitative estimate of drug-likeness (QED) is 0.143. The van der Waals surface area contributed by atoms with Crippen LogP contribution < -0.4 is 10.1 Å². The van der Waals surface area contributed by atoms with Gasteiger partial charge in [-0.15, -0.1) is 0 Å². The molecule has 0 saturated carbocycles. The van der Waals surface area contributed by atoms with E-state index in [1.165, 1.54) is 0 Å². The van der Waals surface area contributed by atoms with E-state index in [0.29, 0.717) is 39.0 Å². The van der Waals surface area contributed by atoms with Crippen LogP contribution in [0.2, 0.25) is 0 Å². The summed E-state index contributed by atoms with van der Waals surface area (Å²) in [5.41, 5.74) is -2.90. The van der Waals surface area contributed by atoms with Gasteiger partial charge in [-0.2, -0.15) is 0 Å². The maximum atomic E-state index is 14.3. The molecule has 67 heavy (non-hydrogen) atoms. The summed E-state index contributed by atoms with van der Waals surface area (Å²) in [6.07, 6.45) is -5.97. The van der Waals surface area contributed by atoms with Crippen molar-refractivity contribution in [2.75, 3.05) is 74.8 Å². The second kappa shape index (κ2) is 23.4. The number of hydrogen-bond acceptors (Lipinski definition) is 17. The number of carbonyl (C=O) groups is 1. The number of likely N-dealkylation sites (N-methyl/N-ethyl adjacent to an activating group) is 2. The van der Waals surface area contributed by atoms with Crippen molar-refractivity contribution < 1.29 is 63.1 Å². The van der Waals surface area contributed by atoms with Gasteiger partial charge in [-0.1, -0.05) is 39.0 Å². The lowest BCUT2D eigenvalue weighted by Gasteiger charge is -2.54. The van der Waals surface area contributed by atoms with Crippen molar-refractivity contribution in [2.24, 2.45) is 17.8 Å². The molecule has 1 aromatic rings. The summed E-state index contributed by atoms with van der Waals surface area (Å²) in [6.45, 7) is 21.4. The number of benzene rings is 1. The van der Waals surface area contributed by atoms with Crippen molar-refractivity contribution >= 4 is 5.97 Å². The average Bonchev–Trinajstić information content (AvgIpc) is 3.29. The Morgan fingerprint density at radius 2 is 1.63 bits per heavy atom. The Hall–Kier alpha value is -2.07. The van der Waals surface area contributed by atoms with E-state index in [1.54, 1.807) is 35.2 Å². The van der Waals surface area contributed by atoms with Crippen molar-refractivity contribution in [3.63, 3.8) is 0 Å². The number of carbonyl (C=O) groups excluding carboxylic acids is 1. The third kappa shape index (κ3) is 12.2.